The zero-order chi connectivity index (χ0) is 30.5. The van der Waals surface area contributed by atoms with E-state index in [1.54, 1.807) is 0 Å². The predicted octanol–water partition coefficient (Wildman–Crippen LogP) is -1.39. The number of aliphatic hydroxyl groups is 6. The average molecular weight is 595 g/mol. The second-order valence-electron chi connectivity index (χ2n) is 10.1. The zero-order valence-electron chi connectivity index (χ0n) is 21.9. The van der Waals surface area contributed by atoms with E-state index in [1.807, 2.05) is 0 Å². The third kappa shape index (κ3) is 5.49. The Kier molecular flexibility index (Phi) is 8.30. The topological polar surface area (TPSA) is 249 Å². The lowest BCUT2D eigenvalue weighted by atomic mass is 9.98. The molecule has 0 aliphatic carbocycles. The van der Waals surface area contributed by atoms with Crippen molar-refractivity contribution in [2.75, 3.05) is 6.61 Å². The van der Waals surface area contributed by atoms with Crippen molar-refractivity contribution in [2.45, 2.75) is 68.3 Å². The molecule has 42 heavy (non-hydrogen) atoms. The number of ether oxygens (including phenoxy) is 4. The van der Waals surface area contributed by atoms with Gasteiger partial charge >= 0.3 is 0 Å². The molecule has 1 aromatic heterocycles. The monoisotopic (exact) mass is 594 g/mol. The van der Waals surface area contributed by atoms with Crippen molar-refractivity contribution in [2.24, 2.45) is 0 Å². The summed E-state index contributed by atoms with van der Waals surface area (Å²) in [6.45, 7) is 0.866. The normalized spacial score (nSPS) is 33.5. The lowest BCUT2D eigenvalue weighted by Gasteiger charge is -2.42. The van der Waals surface area contributed by atoms with Gasteiger partial charge < -0.3 is 69.3 Å². The summed E-state index contributed by atoms with van der Waals surface area (Å²) < 4.78 is 28.0. The summed E-state index contributed by atoms with van der Waals surface area (Å²) in [5.74, 6) is -1.97. The smallest absolute Gasteiger partial charge is 0.239 e. The first-order valence-corrected chi connectivity index (χ1v) is 12.9. The Hall–Kier alpha value is -3.51. The Morgan fingerprint density at radius 3 is 2.10 bits per heavy atom. The van der Waals surface area contributed by atoms with Gasteiger partial charge in [-0.15, -0.1) is 0 Å². The molecule has 2 saturated heterocycles. The molecule has 15 heteroatoms. The molecule has 2 aliphatic rings. The van der Waals surface area contributed by atoms with E-state index >= 15 is 0 Å². The van der Waals surface area contributed by atoms with Gasteiger partial charge in [0.25, 0.3) is 0 Å². The van der Waals surface area contributed by atoms with Crippen LogP contribution in [0, 0.1) is 0 Å². The summed E-state index contributed by atoms with van der Waals surface area (Å²) in [7, 11) is 0. The first-order valence-electron chi connectivity index (χ1n) is 12.9. The minimum Gasteiger partial charge on any atom is -0.508 e. The molecule has 2 fully saturated rings. The van der Waals surface area contributed by atoms with Crippen molar-refractivity contribution in [3.63, 3.8) is 0 Å². The van der Waals surface area contributed by atoms with Crippen LogP contribution in [0.4, 0.5) is 0 Å². The Balaban J connectivity index is 1.46. The van der Waals surface area contributed by atoms with Gasteiger partial charge in [-0.1, -0.05) is 0 Å². The van der Waals surface area contributed by atoms with E-state index in [2.05, 4.69) is 0 Å². The first-order chi connectivity index (χ1) is 19.9. The molecular weight excluding hydrogens is 564 g/mol. The van der Waals surface area contributed by atoms with Crippen LogP contribution in [-0.2, 0) is 14.2 Å². The van der Waals surface area contributed by atoms with Crippen molar-refractivity contribution in [1.82, 2.24) is 0 Å². The second-order valence-corrected chi connectivity index (χ2v) is 10.1. The SMILES string of the molecule is C[C@@H]1O[C@@H](OC[C@H]2O[C@@H](Oc3c(-c4ccc(O)cc4)oc4cc(O)cc(O)c4c3=O)[C@@H](O)[C@H](O)[C@@H]2O)[C@@H](O)[C@H](O)[C@H]1O. The fraction of sp³-hybridized carbons (Fsp3) is 0.444. The zero-order valence-corrected chi connectivity index (χ0v) is 21.9. The highest BCUT2D eigenvalue weighted by atomic mass is 16.7. The second kappa shape index (κ2) is 11.6. The van der Waals surface area contributed by atoms with Crippen LogP contribution in [0.3, 0.4) is 0 Å². The van der Waals surface area contributed by atoms with Gasteiger partial charge in [-0.2, -0.15) is 0 Å². The van der Waals surface area contributed by atoms with E-state index in [-0.39, 0.29) is 28.0 Å². The summed E-state index contributed by atoms with van der Waals surface area (Å²) >= 11 is 0. The van der Waals surface area contributed by atoms with E-state index < -0.39 is 90.7 Å². The minimum absolute atomic E-state index is 0.103. The van der Waals surface area contributed by atoms with Crippen LogP contribution >= 0.6 is 0 Å². The van der Waals surface area contributed by atoms with Gasteiger partial charge in [0.1, 0.15) is 70.9 Å². The highest BCUT2D eigenvalue weighted by Crippen LogP contribution is 2.37. The largest absolute Gasteiger partial charge is 0.508 e. The van der Waals surface area contributed by atoms with Gasteiger partial charge in [-0.3, -0.25) is 4.79 Å². The Morgan fingerprint density at radius 2 is 1.40 bits per heavy atom. The number of fused-ring (bicyclic) bond motifs is 1. The number of rotatable bonds is 6. The van der Waals surface area contributed by atoms with Crippen LogP contribution < -0.4 is 10.2 Å². The number of hydrogen-bond acceptors (Lipinski definition) is 15. The van der Waals surface area contributed by atoms with Gasteiger partial charge in [-0.25, -0.2) is 0 Å². The Bertz CT molecular complexity index is 1470. The summed E-state index contributed by atoms with van der Waals surface area (Å²) in [4.78, 5) is 13.5. The summed E-state index contributed by atoms with van der Waals surface area (Å²) in [5.41, 5.74) is -0.956. The molecule has 0 amide bonds. The van der Waals surface area contributed by atoms with Gasteiger partial charge in [-0.05, 0) is 31.2 Å². The number of phenolic OH excluding ortho intramolecular Hbond substituents is 3. The van der Waals surface area contributed by atoms with E-state index in [1.165, 1.54) is 31.2 Å². The number of aliphatic hydroxyl groups excluding tert-OH is 6. The van der Waals surface area contributed by atoms with Gasteiger partial charge in [0.15, 0.2) is 12.1 Å². The minimum atomic E-state index is -1.92. The summed E-state index contributed by atoms with van der Waals surface area (Å²) in [6.07, 6.45) is -15.8. The highest BCUT2D eigenvalue weighted by Gasteiger charge is 2.47. The summed E-state index contributed by atoms with van der Waals surface area (Å²) in [6, 6.07) is 7.33. The van der Waals surface area contributed by atoms with Crippen LogP contribution in [0.5, 0.6) is 23.0 Å². The van der Waals surface area contributed by atoms with Crippen molar-refractivity contribution < 1.29 is 69.3 Å². The average Bonchev–Trinajstić information content (AvgIpc) is 2.95. The van der Waals surface area contributed by atoms with Crippen LogP contribution in [0.1, 0.15) is 6.92 Å². The van der Waals surface area contributed by atoms with Crippen molar-refractivity contribution in [3.05, 3.63) is 46.6 Å². The van der Waals surface area contributed by atoms with Gasteiger partial charge in [0.2, 0.25) is 17.5 Å². The maximum Gasteiger partial charge on any atom is 0.239 e. The molecule has 2 aliphatic heterocycles. The molecule has 0 bridgehead atoms. The van der Waals surface area contributed by atoms with Gasteiger partial charge in [0.05, 0.1) is 12.7 Å². The van der Waals surface area contributed by atoms with Crippen molar-refractivity contribution in [1.29, 1.82) is 0 Å². The van der Waals surface area contributed by atoms with Crippen LogP contribution in [-0.4, -0.2) is 114 Å². The molecule has 3 heterocycles. The van der Waals surface area contributed by atoms with Crippen LogP contribution in [0.15, 0.2) is 45.6 Å². The quantitative estimate of drug-likeness (QED) is 0.159. The molecule has 0 radical (unpaired) electrons. The standard InChI is InChI=1S/C27H30O15/c1-9-17(31)20(34)22(36)26(39-9)38-8-15-18(32)21(35)23(37)27(41-15)42-25-19(33)16-13(30)6-12(29)7-14(16)40-24(25)10-2-4-11(28)5-3-10/h2-7,9,15,17-18,20-23,26-32,34-37H,8H2,1H3/t9-,15+,17-,18+,20+,21+,22-,23-,26+,27-/m0/s1. The molecule has 0 spiro atoms. The van der Waals surface area contributed by atoms with E-state index in [9.17, 15) is 50.8 Å². The highest BCUT2D eigenvalue weighted by molar-refractivity contribution is 5.88. The molecule has 2 aromatic carbocycles. The maximum absolute atomic E-state index is 13.5. The number of benzene rings is 2. The third-order valence-electron chi connectivity index (χ3n) is 7.18. The molecule has 228 valence electrons. The first kappa shape index (κ1) is 30.0. The van der Waals surface area contributed by atoms with Crippen molar-refractivity contribution >= 4 is 11.0 Å². The molecule has 0 saturated carbocycles. The lowest BCUT2D eigenvalue weighted by Crippen LogP contribution is -2.61. The third-order valence-corrected chi connectivity index (χ3v) is 7.18. The Labute approximate surface area is 236 Å². The fourth-order valence-electron chi connectivity index (χ4n) is 4.79. The Morgan fingerprint density at radius 1 is 0.762 bits per heavy atom. The van der Waals surface area contributed by atoms with E-state index in [4.69, 9.17) is 23.4 Å². The molecule has 15 nitrogen and oxygen atoms in total. The number of hydrogen-bond donors (Lipinski definition) is 9. The lowest BCUT2D eigenvalue weighted by molar-refractivity contribution is -0.318. The fourth-order valence-corrected chi connectivity index (χ4v) is 4.79. The predicted molar refractivity (Wildman–Crippen MR) is 139 cm³/mol. The molecule has 10 atom stereocenters. The van der Waals surface area contributed by atoms with E-state index in [0.717, 1.165) is 12.1 Å². The molecule has 3 aromatic rings. The summed E-state index contributed by atoms with van der Waals surface area (Å²) in [5, 5.41) is 91.4. The van der Waals surface area contributed by atoms with Crippen LogP contribution in [0.25, 0.3) is 22.3 Å². The molecule has 5 rings (SSSR count). The van der Waals surface area contributed by atoms with Crippen LogP contribution in [0.2, 0.25) is 0 Å². The maximum atomic E-state index is 13.5. The number of phenols is 3. The molecule has 9 N–H and O–H groups in total. The number of aromatic hydroxyl groups is 3. The molecular formula is C27H30O15. The van der Waals surface area contributed by atoms with Crippen molar-refractivity contribution in [3.8, 4) is 34.3 Å². The molecule has 0 unspecified atom stereocenters. The van der Waals surface area contributed by atoms with E-state index in [0.29, 0.717) is 0 Å². The van der Waals surface area contributed by atoms with Gasteiger partial charge in [0, 0.05) is 17.7 Å².